The van der Waals surface area contributed by atoms with Crippen molar-refractivity contribution in [3.05, 3.63) is 242 Å². The van der Waals surface area contributed by atoms with Crippen molar-refractivity contribution < 1.29 is 0 Å². The highest BCUT2D eigenvalue weighted by atomic mass is 15.2. The lowest BCUT2D eigenvalue weighted by molar-refractivity contribution is 0.632. The van der Waals surface area contributed by atoms with Crippen LogP contribution >= 0.6 is 0 Å². The first-order valence-corrected chi connectivity index (χ1v) is 21.2. The van der Waals surface area contributed by atoms with Crippen molar-refractivity contribution >= 4 is 55.7 Å². The molecule has 61 heavy (non-hydrogen) atoms. The van der Waals surface area contributed by atoms with Crippen LogP contribution in [0.2, 0.25) is 0 Å². The number of hydrogen-bond acceptors (Lipinski definition) is 2. The minimum atomic E-state index is -0.234. The first-order valence-electron chi connectivity index (χ1n) is 21.2. The molecule has 1 aliphatic rings. The lowest BCUT2D eigenvalue weighted by atomic mass is 9.72. The second kappa shape index (κ2) is 14.9. The van der Waals surface area contributed by atoms with Crippen LogP contribution in [0.15, 0.2) is 231 Å². The third kappa shape index (κ3) is 6.36. The van der Waals surface area contributed by atoms with Gasteiger partial charge in [-0.2, -0.15) is 0 Å². The van der Waals surface area contributed by atoms with Gasteiger partial charge in [-0.15, -0.1) is 0 Å². The van der Waals surface area contributed by atoms with Gasteiger partial charge in [0.2, 0.25) is 0 Å². The maximum atomic E-state index is 2.54. The molecule has 2 heteroatoms. The zero-order valence-corrected chi connectivity index (χ0v) is 34.3. The molecule has 0 bridgehead atoms. The van der Waals surface area contributed by atoms with Crippen LogP contribution in [0.5, 0.6) is 0 Å². The normalized spacial score (nSPS) is 12.9. The summed E-state index contributed by atoms with van der Waals surface area (Å²) in [6, 6.07) is 84.2. The van der Waals surface area contributed by atoms with Gasteiger partial charge in [0.05, 0.1) is 17.1 Å². The van der Waals surface area contributed by atoms with Crippen molar-refractivity contribution in [3.8, 4) is 33.4 Å². The van der Waals surface area contributed by atoms with Gasteiger partial charge >= 0.3 is 0 Å². The number of anilines is 6. The van der Waals surface area contributed by atoms with Crippen molar-refractivity contribution in [1.82, 2.24) is 0 Å². The Morgan fingerprint density at radius 1 is 0.344 bits per heavy atom. The SMILES string of the molecule is CC1(C)c2ccccc2N(c2c(-c3ccc(N(c4ccccc4)c4ccc(-c5ccccc5)cc4)cc3)ccc3ccccc23)c2ccc(-c3ccc4ccccc4c3)cc21. The zero-order valence-electron chi connectivity index (χ0n) is 34.3. The van der Waals surface area contributed by atoms with Gasteiger partial charge in [0.25, 0.3) is 0 Å². The quantitative estimate of drug-likeness (QED) is 0.159. The third-order valence-electron chi connectivity index (χ3n) is 12.6. The molecule has 0 atom stereocenters. The van der Waals surface area contributed by atoms with Crippen LogP contribution in [0.3, 0.4) is 0 Å². The average Bonchev–Trinajstić information content (AvgIpc) is 3.32. The van der Waals surface area contributed by atoms with Crippen molar-refractivity contribution in [2.45, 2.75) is 19.3 Å². The maximum absolute atomic E-state index is 2.54. The number of hydrogen-bond donors (Lipinski definition) is 0. The smallest absolute Gasteiger partial charge is 0.0618 e. The molecule has 0 aliphatic carbocycles. The number of rotatable bonds is 7. The van der Waals surface area contributed by atoms with Crippen molar-refractivity contribution in [1.29, 1.82) is 0 Å². The Labute approximate surface area is 358 Å². The highest BCUT2D eigenvalue weighted by Crippen LogP contribution is 2.55. The van der Waals surface area contributed by atoms with E-state index in [-0.39, 0.29) is 5.41 Å². The standard InChI is InChI=1S/C59H44N2/c1-59(2)54-23-13-14-24-56(54)61(57-38-32-48(40-55(57)59)47-26-25-42-17-9-10-19-46(42)39-47)58-52-22-12-11-18-44(52)31-37-53(58)45-29-35-51(36-30-45)60(49-20-7-4-8-21-49)50-33-27-43(28-34-50)41-15-5-3-6-16-41/h3-40H,1-2H3. The van der Waals surface area contributed by atoms with Gasteiger partial charge < -0.3 is 9.80 Å². The van der Waals surface area contributed by atoms with Gasteiger partial charge in [-0.25, -0.2) is 0 Å². The van der Waals surface area contributed by atoms with Crippen LogP contribution in [0, 0.1) is 0 Å². The molecule has 0 unspecified atom stereocenters. The van der Waals surface area contributed by atoms with Crippen LogP contribution in [-0.4, -0.2) is 0 Å². The molecule has 0 saturated heterocycles. The van der Waals surface area contributed by atoms with E-state index in [4.69, 9.17) is 0 Å². The van der Waals surface area contributed by atoms with Crippen molar-refractivity contribution in [3.63, 3.8) is 0 Å². The molecule has 0 amide bonds. The van der Waals surface area contributed by atoms with Crippen molar-refractivity contribution in [2.24, 2.45) is 0 Å². The molecule has 1 aliphatic heterocycles. The Balaban J connectivity index is 1.05. The summed E-state index contributed by atoms with van der Waals surface area (Å²) in [5, 5.41) is 4.94. The summed E-state index contributed by atoms with van der Waals surface area (Å²) < 4.78 is 0. The van der Waals surface area contributed by atoms with Gasteiger partial charge in [-0.1, -0.05) is 184 Å². The molecule has 290 valence electrons. The minimum absolute atomic E-state index is 0.234. The summed E-state index contributed by atoms with van der Waals surface area (Å²) in [7, 11) is 0. The Morgan fingerprint density at radius 3 is 1.61 bits per heavy atom. The van der Waals surface area contributed by atoms with Gasteiger partial charge in [0.15, 0.2) is 0 Å². The number of nitrogens with zero attached hydrogens (tertiary/aromatic N) is 2. The third-order valence-corrected chi connectivity index (χ3v) is 12.6. The van der Waals surface area contributed by atoms with E-state index in [0.29, 0.717) is 0 Å². The van der Waals surface area contributed by atoms with Crippen LogP contribution in [0.1, 0.15) is 25.0 Å². The lowest BCUT2D eigenvalue weighted by Crippen LogP contribution is -2.31. The molecular weight excluding hydrogens is 737 g/mol. The van der Waals surface area contributed by atoms with E-state index >= 15 is 0 Å². The number of benzene rings is 10. The minimum Gasteiger partial charge on any atom is -0.311 e. The molecule has 10 aromatic carbocycles. The molecule has 0 saturated carbocycles. The topological polar surface area (TPSA) is 6.48 Å². The summed E-state index contributed by atoms with van der Waals surface area (Å²) >= 11 is 0. The summed E-state index contributed by atoms with van der Waals surface area (Å²) in [6.45, 7) is 4.76. The summed E-state index contributed by atoms with van der Waals surface area (Å²) in [5.41, 5.74) is 16.5. The molecule has 0 N–H and O–H groups in total. The molecule has 0 radical (unpaired) electrons. The fourth-order valence-corrected chi connectivity index (χ4v) is 9.47. The Kier molecular flexibility index (Phi) is 8.86. The van der Waals surface area contributed by atoms with E-state index in [2.05, 4.69) is 254 Å². The highest BCUT2D eigenvalue weighted by Gasteiger charge is 2.38. The number of para-hydroxylation sites is 2. The van der Waals surface area contributed by atoms with Gasteiger partial charge in [-0.05, 0) is 116 Å². The maximum Gasteiger partial charge on any atom is 0.0618 e. The van der Waals surface area contributed by atoms with E-state index in [1.54, 1.807) is 0 Å². The van der Waals surface area contributed by atoms with Crippen LogP contribution in [0.25, 0.3) is 54.9 Å². The fourth-order valence-electron chi connectivity index (χ4n) is 9.47. The largest absolute Gasteiger partial charge is 0.311 e. The zero-order chi connectivity index (χ0) is 40.9. The van der Waals surface area contributed by atoms with Crippen LogP contribution in [-0.2, 0) is 5.41 Å². The second-order valence-electron chi connectivity index (χ2n) is 16.6. The first-order chi connectivity index (χ1) is 30.0. The Bertz CT molecular complexity index is 3200. The van der Waals surface area contributed by atoms with Gasteiger partial charge in [-0.3, -0.25) is 0 Å². The monoisotopic (exact) mass is 780 g/mol. The molecule has 2 nitrogen and oxygen atoms in total. The van der Waals surface area contributed by atoms with E-state index in [1.165, 1.54) is 77.6 Å². The van der Waals surface area contributed by atoms with Gasteiger partial charge in [0.1, 0.15) is 0 Å². The van der Waals surface area contributed by atoms with Crippen LogP contribution < -0.4 is 9.80 Å². The van der Waals surface area contributed by atoms with E-state index in [0.717, 1.165) is 22.6 Å². The molecule has 0 fully saturated rings. The molecular formula is C59H44N2. The first kappa shape index (κ1) is 36.4. The average molecular weight is 781 g/mol. The lowest BCUT2D eigenvalue weighted by Gasteiger charge is -2.43. The molecule has 0 spiro atoms. The second-order valence-corrected chi connectivity index (χ2v) is 16.6. The van der Waals surface area contributed by atoms with E-state index in [1.807, 2.05) is 0 Å². The van der Waals surface area contributed by atoms with Gasteiger partial charge in [0, 0.05) is 33.4 Å². The molecule has 0 aromatic heterocycles. The predicted molar refractivity (Wildman–Crippen MR) is 259 cm³/mol. The van der Waals surface area contributed by atoms with Crippen LogP contribution in [0.4, 0.5) is 34.1 Å². The number of fused-ring (bicyclic) bond motifs is 4. The fraction of sp³-hybridized carbons (Fsp3) is 0.0508. The summed E-state index contributed by atoms with van der Waals surface area (Å²) in [4.78, 5) is 4.88. The molecule has 1 heterocycles. The van der Waals surface area contributed by atoms with Crippen molar-refractivity contribution in [2.75, 3.05) is 9.80 Å². The predicted octanol–water partition coefficient (Wildman–Crippen LogP) is 16.6. The molecule has 11 rings (SSSR count). The summed E-state index contributed by atoms with van der Waals surface area (Å²) in [5.74, 6) is 0. The highest BCUT2D eigenvalue weighted by molar-refractivity contribution is 6.08. The Hall–Kier alpha value is -7.68. The molecule has 10 aromatic rings. The Morgan fingerprint density at radius 2 is 0.852 bits per heavy atom. The van der Waals surface area contributed by atoms with E-state index in [9.17, 15) is 0 Å². The van der Waals surface area contributed by atoms with E-state index < -0.39 is 0 Å². The summed E-state index contributed by atoms with van der Waals surface area (Å²) in [6.07, 6.45) is 0.